The van der Waals surface area contributed by atoms with Gasteiger partial charge in [-0.2, -0.15) is 0 Å². The number of nitrogens with zero attached hydrogens (tertiary/aromatic N) is 4. The number of carbonyl (C=O) groups is 1. The summed E-state index contributed by atoms with van der Waals surface area (Å²) < 4.78 is 7.80. The molecule has 29 heavy (non-hydrogen) atoms. The smallest absolute Gasteiger partial charge is 0.251 e. The lowest BCUT2D eigenvalue weighted by molar-refractivity contribution is 0.0952. The Morgan fingerprint density at radius 2 is 1.86 bits per heavy atom. The lowest BCUT2D eigenvalue weighted by Gasteiger charge is -2.06. The minimum Gasteiger partial charge on any atom is -0.416 e. The highest BCUT2D eigenvalue weighted by Gasteiger charge is 2.13. The molecule has 2 aromatic heterocycles. The van der Waals surface area contributed by atoms with Crippen LogP contribution in [0.2, 0.25) is 0 Å². The van der Waals surface area contributed by atoms with Crippen LogP contribution in [0.25, 0.3) is 22.9 Å². The average molecular weight is 387 g/mol. The summed E-state index contributed by atoms with van der Waals surface area (Å²) in [6.45, 7) is 3.42. The van der Waals surface area contributed by atoms with Crippen molar-refractivity contribution in [2.24, 2.45) is 0 Å². The molecule has 0 saturated heterocycles. The summed E-state index contributed by atoms with van der Waals surface area (Å²) in [5.41, 5.74) is 3.35. The van der Waals surface area contributed by atoms with Gasteiger partial charge in [-0.25, -0.2) is 4.98 Å². The van der Waals surface area contributed by atoms with Crippen LogP contribution >= 0.6 is 0 Å². The Hall–Kier alpha value is -3.74. The molecule has 1 amide bonds. The Balaban J connectivity index is 1.36. The molecule has 0 aliphatic carbocycles. The number of aryl methyl sites for hydroxylation is 2. The molecule has 4 aromatic rings. The summed E-state index contributed by atoms with van der Waals surface area (Å²) in [4.78, 5) is 16.3. The van der Waals surface area contributed by atoms with Gasteiger partial charge < -0.3 is 14.3 Å². The van der Waals surface area contributed by atoms with Gasteiger partial charge in [0.25, 0.3) is 5.91 Å². The van der Waals surface area contributed by atoms with E-state index in [1.807, 2.05) is 54.1 Å². The topological polar surface area (TPSA) is 85.8 Å². The Bertz CT molecular complexity index is 1080. The summed E-state index contributed by atoms with van der Waals surface area (Å²) in [6, 6.07) is 15.0. The van der Waals surface area contributed by atoms with Crippen molar-refractivity contribution >= 4 is 5.91 Å². The number of nitrogens with one attached hydrogen (secondary N) is 1. The Morgan fingerprint density at radius 3 is 2.62 bits per heavy atom. The SMILES string of the molecule is Cc1ccccc1-c1nnc(-c2ccc(C(=O)NCCCn3ccnc3)cc2)o1. The number of benzene rings is 2. The van der Waals surface area contributed by atoms with Crippen molar-refractivity contribution in [3.63, 3.8) is 0 Å². The van der Waals surface area contributed by atoms with Crippen LogP contribution in [-0.2, 0) is 6.54 Å². The van der Waals surface area contributed by atoms with Crippen molar-refractivity contribution in [1.82, 2.24) is 25.1 Å². The molecule has 0 atom stereocenters. The van der Waals surface area contributed by atoms with Gasteiger partial charge >= 0.3 is 0 Å². The van der Waals surface area contributed by atoms with Crippen LogP contribution < -0.4 is 5.32 Å². The predicted molar refractivity (Wildman–Crippen MR) is 109 cm³/mol. The summed E-state index contributed by atoms with van der Waals surface area (Å²) in [6.07, 6.45) is 6.25. The fraction of sp³-hybridized carbons (Fsp3) is 0.182. The van der Waals surface area contributed by atoms with E-state index in [1.54, 1.807) is 24.7 Å². The fourth-order valence-corrected chi connectivity index (χ4v) is 3.01. The lowest BCUT2D eigenvalue weighted by Crippen LogP contribution is -2.25. The highest BCUT2D eigenvalue weighted by Crippen LogP contribution is 2.26. The average Bonchev–Trinajstić information content (AvgIpc) is 3.44. The van der Waals surface area contributed by atoms with Crippen LogP contribution in [-0.4, -0.2) is 32.2 Å². The van der Waals surface area contributed by atoms with Crippen molar-refractivity contribution in [1.29, 1.82) is 0 Å². The largest absolute Gasteiger partial charge is 0.416 e. The van der Waals surface area contributed by atoms with E-state index in [0.29, 0.717) is 23.9 Å². The van der Waals surface area contributed by atoms with Crippen LogP contribution in [0.4, 0.5) is 0 Å². The van der Waals surface area contributed by atoms with E-state index in [4.69, 9.17) is 4.42 Å². The van der Waals surface area contributed by atoms with Crippen molar-refractivity contribution < 1.29 is 9.21 Å². The fourth-order valence-electron chi connectivity index (χ4n) is 3.01. The van der Waals surface area contributed by atoms with Crippen LogP contribution in [0.5, 0.6) is 0 Å². The normalized spacial score (nSPS) is 10.8. The summed E-state index contributed by atoms with van der Waals surface area (Å²) in [5, 5.41) is 11.2. The van der Waals surface area contributed by atoms with Crippen LogP contribution in [0.3, 0.4) is 0 Å². The molecule has 2 heterocycles. The second-order valence-corrected chi connectivity index (χ2v) is 6.71. The van der Waals surface area contributed by atoms with E-state index >= 15 is 0 Å². The third-order valence-electron chi connectivity index (χ3n) is 4.63. The number of imidazole rings is 1. The zero-order chi connectivity index (χ0) is 20.1. The molecule has 146 valence electrons. The summed E-state index contributed by atoms with van der Waals surface area (Å²) >= 11 is 0. The van der Waals surface area contributed by atoms with Gasteiger partial charge in [0, 0.05) is 42.2 Å². The lowest BCUT2D eigenvalue weighted by atomic mass is 10.1. The minimum atomic E-state index is -0.103. The quantitative estimate of drug-likeness (QED) is 0.488. The number of carbonyl (C=O) groups excluding carboxylic acids is 1. The van der Waals surface area contributed by atoms with E-state index in [2.05, 4.69) is 20.5 Å². The third kappa shape index (κ3) is 4.40. The molecule has 0 radical (unpaired) electrons. The maximum Gasteiger partial charge on any atom is 0.251 e. The monoisotopic (exact) mass is 387 g/mol. The minimum absolute atomic E-state index is 0.103. The number of aromatic nitrogens is 4. The summed E-state index contributed by atoms with van der Waals surface area (Å²) in [5.74, 6) is 0.807. The molecule has 0 saturated carbocycles. The van der Waals surface area contributed by atoms with E-state index in [1.165, 1.54) is 0 Å². The predicted octanol–water partition coefficient (Wildman–Crippen LogP) is 3.73. The molecule has 0 aliphatic rings. The molecule has 7 nitrogen and oxygen atoms in total. The molecule has 0 spiro atoms. The first-order valence-electron chi connectivity index (χ1n) is 9.44. The van der Waals surface area contributed by atoms with E-state index in [9.17, 15) is 4.79 Å². The van der Waals surface area contributed by atoms with Crippen LogP contribution in [0, 0.1) is 6.92 Å². The zero-order valence-electron chi connectivity index (χ0n) is 16.1. The van der Waals surface area contributed by atoms with Crippen molar-refractivity contribution in [2.45, 2.75) is 19.9 Å². The number of rotatable bonds is 7. The number of amides is 1. The number of hydrogen-bond donors (Lipinski definition) is 1. The zero-order valence-corrected chi connectivity index (χ0v) is 16.1. The second-order valence-electron chi connectivity index (χ2n) is 6.71. The molecule has 1 N–H and O–H groups in total. The van der Waals surface area contributed by atoms with Crippen LogP contribution in [0.1, 0.15) is 22.3 Å². The van der Waals surface area contributed by atoms with Gasteiger partial charge in [0.2, 0.25) is 11.8 Å². The summed E-state index contributed by atoms with van der Waals surface area (Å²) in [7, 11) is 0. The Morgan fingerprint density at radius 1 is 1.07 bits per heavy atom. The van der Waals surface area contributed by atoms with Gasteiger partial charge in [-0.05, 0) is 49.2 Å². The molecule has 2 aromatic carbocycles. The first-order chi connectivity index (χ1) is 14.2. The Labute approximate surface area is 168 Å². The maximum absolute atomic E-state index is 12.3. The van der Waals surface area contributed by atoms with Gasteiger partial charge in [-0.3, -0.25) is 4.79 Å². The molecular formula is C22H21N5O2. The van der Waals surface area contributed by atoms with Crippen molar-refractivity contribution in [2.75, 3.05) is 6.54 Å². The highest BCUT2D eigenvalue weighted by atomic mass is 16.4. The number of hydrogen-bond acceptors (Lipinski definition) is 5. The van der Waals surface area contributed by atoms with Gasteiger partial charge in [-0.1, -0.05) is 18.2 Å². The van der Waals surface area contributed by atoms with E-state index in [-0.39, 0.29) is 5.91 Å². The molecule has 4 rings (SSSR count). The molecule has 7 heteroatoms. The second kappa shape index (κ2) is 8.52. The van der Waals surface area contributed by atoms with Crippen molar-refractivity contribution in [3.05, 3.63) is 78.4 Å². The third-order valence-corrected chi connectivity index (χ3v) is 4.63. The molecule has 0 bridgehead atoms. The molecule has 0 fully saturated rings. The molecule has 0 aliphatic heterocycles. The van der Waals surface area contributed by atoms with Gasteiger partial charge in [-0.15, -0.1) is 10.2 Å². The van der Waals surface area contributed by atoms with E-state index < -0.39 is 0 Å². The maximum atomic E-state index is 12.3. The first-order valence-corrected chi connectivity index (χ1v) is 9.44. The van der Waals surface area contributed by atoms with E-state index in [0.717, 1.165) is 29.7 Å². The first kappa shape index (κ1) is 18.6. The standard InChI is InChI=1S/C22H21N5O2/c1-16-5-2-3-6-19(16)22-26-25-21(29-22)18-9-7-17(8-10-18)20(28)24-11-4-13-27-14-12-23-15-27/h2-3,5-10,12,14-15H,4,11,13H2,1H3,(H,24,28). The highest BCUT2D eigenvalue weighted by molar-refractivity contribution is 5.94. The molecular weight excluding hydrogens is 366 g/mol. The van der Waals surface area contributed by atoms with Gasteiger partial charge in [0.05, 0.1) is 6.33 Å². The Kier molecular flexibility index (Phi) is 5.47. The van der Waals surface area contributed by atoms with Crippen LogP contribution in [0.15, 0.2) is 71.7 Å². The van der Waals surface area contributed by atoms with Gasteiger partial charge in [0.1, 0.15) is 0 Å². The van der Waals surface area contributed by atoms with Gasteiger partial charge in [0.15, 0.2) is 0 Å². The van der Waals surface area contributed by atoms with Crippen molar-refractivity contribution in [3.8, 4) is 22.9 Å². The molecule has 0 unspecified atom stereocenters.